The number of rotatable bonds is 2. The number of aromatic nitrogens is 1. The summed E-state index contributed by atoms with van der Waals surface area (Å²) in [6.07, 6.45) is 2.53. The van der Waals surface area contributed by atoms with Gasteiger partial charge in [-0.05, 0) is 56.5 Å². The molecule has 2 aliphatic rings. The van der Waals surface area contributed by atoms with E-state index in [1.165, 1.54) is 17.8 Å². The van der Waals surface area contributed by atoms with Crippen LogP contribution in [0.4, 0.5) is 0 Å². The maximum absolute atomic E-state index is 6.06. The van der Waals surface area contributed by atoms with E-state index in [-0.39, 0.29) is 18.3 Å². The SMILES string of the molecule is CC1(C)OB(c2sc(C3CC3)nc2Br)OC1(C)C. The third-order valence-corrected chi connectivity index (χ3v) is 6.13. The van der Waals surface area contributed by atoms with Crippen molar-refractivity contribution in [1.29, 1.82) is 0 Å². The molecule has 1 saturated carbocycles. The van der Waals surface area contributed by atoms with Crippen LogP contribution in [0, 0.1) is 0 Å². The van der Waals surface area contributed by atoms with Gasteiger partial charge < -0.3 is 9.31 Å². The second-order valence-corrected chi connectivity index (χ2v) is 7.88. The third-order valence-electron chi connectivity index (χ3n) is 4.02. The second-order valence-electron chi connectivity index (χ2n) is 6.07. The predicted molar refractivity (Wildman–Crippen MR) is 77.5 cm³/mol. The molecule has 1 aromatic heterocycles. The first-order valence-corrected chi connectivity index (χ1v) is 7.93. The zero-order valence-electron chi connectivity index (χ0n) is 11.1. The summed E-state index contributed by atoms with van der Waals surface area (Å²) in [6.45, 7) is 8.29. The average molecular weight is 330 g/mol. The number of hydrogen-bond acceptors (Lipinski definition) is 4. The van der Waals surface area contributed by atoms with Crippen molar-refractivity contribution in [2.24, 2.45) is 0 Å². The molecule has 3 nitrogen and oxygen atoms in total. The molecule has 0 atom stereocenters. The standard InChI is InChI=1S/C12H17BBrNO2S/c1-11(2)12(3,4)17-13(16-11)8-9(14)15-10(18-8)7-5-6-7/h7H,5-6H2,1-4H3. The van der Waals surface area contributed by atoms with E-state index in [0.717, 1.165) is 9.38 Å². The molecule has 2 heterocycles. The molecule has 3 rings (SSSR count). The Balaban J connectivity index is 1.88. The molecule has 1 aromatic rings. The third kappa shape index (κ3) is 2.07. The van der Waals surface area contributed by atoms with E-state index in [1.807, 2.05) is 0 Å². The summed E-state index contributed by atoms with van der Waals surface area (Å²) >= 11 is 5.26. The van der Waals surface area contributed by atoms with Crippen LogP contribution in [-0.4, -0.2) is 23.3 Å². The van der Waals surface area contributed by atoms with E-state index in [0.29, 0.717) is 5.92 Å². The summed E-state index contributed by atoms with van der Waals surface area (Å²) in [5, 5.41) is 1.21. The van der Waals surface area contributed by atoms with Gasteiger partial charge in [0.05, 0.1) is 21.0 Å². The molecule has 0 radical (unpaired) electrons. The highest BCUT2D eigenvalue weighted by atomic mass is 79.9. The zero-order chi connectivity index (χ0) is 13.1. The Morgan fingerprint density at radius 1 is 1.22 bits per heavy atom. The van der Waals surface area contributed by atoms with E-state index in [2.05, 4.69) is 48.6 Å². The molecule has 98 valence electrons. The molecule has 1 aliphatic carbocycles. The number of thiazole rings is 1. The van der Waals surface area contributed by atoms with E-state index in [4.69, 9.17) is 9.31 Å². The van der Waals surface area contributed by atoms with Gasteiger partial charge in [0.25, 0.3) is 0 Å². The average Bonchev–Trinajstić information content (AvgIpc) is 2.96. The van der Waals surface area contributed by atoms with Crippen molar-refractivity contribution in [3.05, 3.63) is 9.61 Å². The predicted octanol–water partition coefficient (Wildman–Crippen LogP) is 3.08. The number of halogens is 1. The molecule has 6 heteroatoms. The van der Waals surface area contributed by atoms with Gasteiger partial charge in [0.15, 0.2) is 0 Å². The monoisotopic (exact) mass is 329 g/mol. The smallest absolute Gasteiger partial charge is 0.399 e. The Hall–Kier alpha value is 0.0949. The number of hydrogen-bond donors (Lipinski definition) is 0. The fourth-order valence-corrected chi connectivity index (χ4v) is 3.75. The minimum absolute atomic E-state index is 0.291. The number of nitrogens with zero attached hydrogens (tertiary/aromatic N) is 1. The summed E-state index contributed by atoms with van der Waals surface area (Å²) in [4.78, 5) is 4.59. The fraction of sp³-hybridized carbons (Fsp3) is 0.750. The minimum atomic E-state index is -0.297. The van der Waals surface area contributed by atoms with Gasteiger partial charge in [-0.25, -0.2) is 4.98 Å². The summed E-state index contributed by atoms with van der Waals surface area (Å²) in [5.74, 6) is 0.669. The molecule has 0 aromatic carbocycles. The highest BCUT2D eigenvalue weighted by Crippen LogP contribution is 2.43. The van der Waals surface area contributed by atoms with Crippen molar-refractivity contribution in [3.63, 3.8) is 0 Å². The van der Waals surface area contributed by atoms with Gasteiger partial charge in [-0.1, -0.05) is 0 Å². The molecule has 1 aliphatic heterocycles. The summed E-state index contributed by atoms with van der Waals surface area (Å²) in [6, 6.07) is 0. The lowest BCUT2D eigenvalue weighted by Crippen LogP contribution is -2.41. The van der Waals surface area contributed by atoms with Gasteiger partial charge in [0, 0.05) is 5.92 Å². The molecule has 0 spiro atoms. The van der Waals surface area contributed by atoms with Crippen LogP contribution in [0.1, 0.15) is 51.5 Å². The normalized spacial score (nSPS) is 25.7. The molecular weight excluding hydrogens is 313 g/mol. The molecule has 0 unspecified atom stereocenters. The molecule has 0 bridgehead atoms. The Labute approximate surface area is 121 Å². The van der Waals surface area contributed by atoms with Crippen molar-refractivity contribution in [1.82, 2.24) is 4.98 Å². The molecule has 1 saturated heterocycles. The van der Waals surface area contributed by atoms with Crippen LogP contribution in [0.5, 0.6) is 0 Å². The van der Waals surface area contributed by atoms with Gasteiger partial charge in [-0.15, -0.1) is 11.3 Å². The highest BCUT2D eigenvalue weighted by molar-refractivity contribution is 9.10. The zero-order valence-corrected chi connectivity index (χ0v) is 13.5. The molecule has 0 N–H and O–H groups in total. The molecule has 18 heavy (non-hydrogen) atoms. The first-order chi connectivity index (χ1) is 8.30. The Kier molecular flexibility index (Phi) is 2.94. The lowest BCUT2D eigenvalue weighted by atomic mass is 9.89. The van der Waals surface area contributed by atoms with Gasteiger partial charge in [0.2, 0.25) is 0 Å². The van der Waals surface area contributed by atoms with Crippen LogP contribution in [-0.2, 0) is 9.31 Å². The van der Waals surface area contributed by atoms with Gasteiger partial charge in [0.1, 0.15) is 4.60 Å². The lowest BCUT2D eigenvalue weighted by molar-refractivity contribution is 0.00578. The van der Waals surface area contributed by atoms with Crippen LogP contribution in [0.3, 0.4) is 0 Å². The summed E-state index contributed by atoms with van der Waals surface area (Å²) in [7, 11) is -0.297. The van der Waals surface area contributed by atoms with Crippen LogP contribution in [0.2, 0.25) is 0 Å². The van der Waals surface area contributed by atoms with Gasteiger partial charge in [-0.3, -0.25) is 0 Å². The van der Waals surface area contributed by atoms with E-state index >= 15 is 0 Å². The fourth-order valence-electron chi connectivity index (χ4n) is 1.93. The van der Waals surface area contributed by atoms with Crippen LogP contribution >= 0.6 is 27.3 Å². The van der Waals surface area contributed by atoms with Crippen molar-refractivity contribution < 1.29 is 9.31 Å². The van der Waals surface area contributed by atoms with Gasteiger partial charge >= 0.3 is 7.12 Å². The minimum Gasteiger partial charge on any atom is -0.399 e. The Morgan fingerprint density at radius 3 is 2.28 bits per heavy atom. The van der Waals surface area contributed by atoms with E-state index < -0.39 is 0 Å². The summed E-state index contributed by atoms with van der Waals surface area (Å²) < 4.78 is 14.1. The van der Waals surface area contributed by atoms with E-state index in [9.17, 15) is 0 Å². The lowest BCUT2D eigenvalue weighted by Gasteiger charge is -2.32. The molecule has 2 fully saturated rings. The van der Waals surface area contributed by atoms with Crippen molar-refractivity contribution in [3.8, 4) is 0 Å². The van der Waals surface area contributed by atoms with Crippen LogP contribution in [0.15, 0.2) is 4.60 Å². The first kappa shape index (κ1) is 13.1. The molecule has 0 amide bonds. The van der Waals surface area contributed by atoms with Crippen molar-refractivity contribution in [2.45, 2.75) is 57.7 Å². The topological polar surface area (TPSA) is 31.4 Å². The van der Waals surface area contributed by atoms with Crippen molar-refractivity contribution in [2.75, 3.05) is 0 Å². The largest absolute Gasteiger partial charge is 0.508 e. The maximum atomic E-state index is 6.06. The Morgan fingerprint density at radius 2 is 1.78 bits per heavy atom. The van der Waals surface area contributed by atoms with Crippen molar-refractivity contribution >= 4 is 39.2 Å². The Bertz CT molecular complexity index is 468. The highest BCUT2D eigenvalue weighted by Gasteiger charge is 2.53. The quantitative estimate of drug-likeness (QED) is 0.781. The van der Waals surface area contributed by atoms with E-state index in [1.54, 1.807) is 11.3 Å². The molecular formula is C12H17BBrNO2S. The van der Waals surface area contributed by atoms with Gasteiger partial charge in [-0.2, -0.15) is 0 Å². The first-order valence-electron chi connectivity index (χ1n) is 6.32. The van der Waals surface area contributed by atoms with Crippen LogP contribution in [0.25, 0.3) is 0 Å². The second kappa shape index (κ2) is 4.04. The summed E-state index contributed by atoms with van der Waals surface area (Å²) in [5.41, 5.74) is -0.582. The maximum Gasteiger partial charge on any atom is 0.508 e. The van der Waals surface area contributed by atoms with Crippen LogP contribution < -0.4 is 4.78 Å².